The average molecular weight is 202 g/mol. The fraction of sp³-hybridized carbons (Fsp3) is 0.667. The predicted octanol–water partition coefficient (Wildman–Crippen LogP) is 0.120. The van der Waals surface area contributed by atoms with E-state index in [2.05, 4.69) is 12.0 Å². The second kappa shape index (κ2) is 11.8. The lowest BCUT2D eigenvalue weighted by Crippen LogP contribution is -2.18. The van der Waals surface area contributed by atoms with Crippen molar-refractivity contribution < 1.29 is 14.7 Å². The summed E-state index contributed by atoms with van der Waals surface area (Å²) >= 11 is 0. The van der Waals surface area contributed by atoms with Crippen LogP contribution in [-0.4, -0.2) is 37.2 Å². The van der Waals surface area contributed by atoms with Crippen molar-refractivity contribution in [2.24, 2.45) is 0 Å². The molecule has 0 aromatic heterocycles. The molecule has 0 bridgehead atoms. The molecule has 0 radical (unpaired) electrons. The Kier molecular flexibility index (Phi) is 12.8. The van der Waals surface area contributed by atoms with Crippen LogP contribution in [0.3, 0.4) is 0 Å². The largest absolute Gasteiger partial charge is 0.396 e. The van der Waals surface area contributed by atoms with Gasteiger partial charge in [-0.05, 0) is 13.1 Å². The summed E-state index contributed by atoms with van der Waals surface area (Å²) in [7, 11) is 1.54. The van der Waals surface area contributed by atoms with Gasteiger partial charge < -0.3 is 15.8 Å². The Labute approximate surface area is 84.0 Å². The Morgan fingerprint density at radius 3 is 2.29 bits per heavy atom. The Morgan fingerprint density at radius 1 is 1.29 bits per heavy atom. The van der Waals surface area contributed by atoms with Gasteiger partial charge in [0.25, 0.3) is 0 Å². The Bertz CT molecular complexity index is 171. The molecule has 14 heavy (non-hydrogen) atoms. The van der Waals surface area contributed by atoms with Crippen LogP contribution in [-0.2, 0) is 9.59 Å². The van der Waals surface area contributed by atoms with Gasteiger partial charge >= 0.3 is 0 Å². The molecule has 0 heterocycles. The number of carbonyl (C=O) groups is 2. The zero-order chi connectivity index (χ0) is 11.4. The second-order valence-electron chi connectivity index (χ2n) is 2.54. The molecule has 0 saturated heterocycles. The highest BCUT2D eigenvalue weighted by Crippen LogP contribution is 1.97. The van der Waals surface area contributed by atoms with Gasteiger partial charge in [0.05, 0.1) is 0 Å². The first kappa shape index (κ1) is 15.3. The zero-order valence-electron chi connectivity index (χ0n) is 8.51. The maximum Gasteiger partial charge on any atom is 0.220 e. The number of nitrogens with one attached hydrogen (secondary N) is 2. The molecule has 5 heteroatoms. The monoisotopic (exact) mass is 202 g/mol. The number of ketones is 1. The van der Waals surface area contributed by atoms with E-state index >= 15 is 0 Å². The molecule has 0 atom stereocenters. The number of aliphatic hydroxyl groups excluding tert-OH is 1. The minimum atomic E-state index is -0.118. The fourth-order valence-corrected chi connectivity index (χ4v) is 0.779. The maximum atomic E-state index is 10.9. The number of aliphatic hydroxyl groups is 1. The molecule has 1 amide bonds. The minimum Gasteiger partial charge on any atom is -0.396 e. The summed E-state index contributed by atoms with van der Waals surface area (Å²) in [5.41, 5.74) is 0. The van der Waals surface area contributed by atoms with Crippen LogP contribution < -0.4 is 5.32 Å². The van der Waals surface area contributed by atoms with Crippen molar-refractivity contribution >= 4 is 18.4 Å². The van der Waals surface area contributed by atoms with E-state index in [9.17, 15) is 9.59 Å². The highest BCUT2D eigenvalue weighted by Gasteiger charge is 2.04. The van der Waals surface area contributed by atoms with Crippen LogP contribution >= 0.6 is 0 Å². The standard InChI is InChI=1S/C8H15NO3.CH3N/c1-9-8(12)5-4-7(11)3-2-6-10;1-2/h10H,2-6H2,1H3,(H,9,12);2H,1H2. The van der Waals surface area contributed by atoms with Crippen molar-refractivity contribution in [2.45, 2.75) is 25.7 Å². The van der Waals surface area contributed by atoms with E-state index in [1.807, 2.05) is 0 Å². The normalized spacial score (nSPS) is 8.43. The number of Topliss-reactive ketones (excluding diaryl/α,β-unsaturated/α-hetero) is 1. The van der Waals surface area contributed by atoms with Crippen LogP contribution in [0.5, 0.6) is 0 Å². The van der Waals surface area contributed by atoms with E-state index in [-0.39, 0.29) is 31.1 Å². The number of hydrogen-bond donors (Lipinski definition) is 3. The van der Waals surface area contributed by atoms with E-state index < -0.39 is 0 Å². The molecule has 0 aliphatic carbocycles. The third-order valence-corrected chi connectivity index (χ3v) is 1.52. The van der Waals surface area contributed by atoms with Gasteiger partial charge in [-0.25, -0.2) is 0 Å². The van der Waals surface area contributed by atoms with Gasteiger partial charge in [0.2, 0.25) is 5.91 Å². The maximum absolute atomic E-state index is 10.9. The molecule has 0 saturated carbocycles. The fourth-order valence-electron chi connectivity index (χ4n) is 0.779. The predicted molar refractivity (Wildman–Crippen MR) is 54.5 cm³/mol. The summed E-state index contributed by atoms with van der Waals surface area (Å²) in [6.07, 6.45) is 1.39. The molecule has 82 valence electrons. The van der Waals surface area contributed by atoms with Crippen molar-refractivity contribution in [3.05, 3.63) is 0 Å². The number of rotatable bonds is 6. The van der Waals surface area contributed by atoms with Crippen molar-refractivity contribution in [3.63, 3.8) is 0 Å². The Hall–Kier alpha value is -1.23. The van der Waals surface area contributed by atoms with E-state index in [1.54, 1.807) is 7.05 Å². The number of hydrogen-bond acceptors (Lipinski definition) is 4. The molecule has 0 aliphatic rings. The highest BCUT2D eigenvalue weighted by molar-refractivity contribution is 5.84. The van der Waals surface area contributed by atoms with Crippen LogP contribution in [0.15, 0.2) is 0 Å². The van der Waals surface area contributed by atoms with E-state index in [4.69, 9.17) is 10.5 Å². The van der Waals surface area contributed by atoms with Gasteiger partial charge in [-0.3, -0.25) is 9.59 Å². The molecular weight excluding hydrogens is 184 g/mol. The third kappa shape index (κ3) is 10.8. The van der Waals surface area contributed by atoms with Crippen LogP contribution in [0, 0.1) is 5.41 Å². The molecular formula is C9H18N2O3. The first-order valence-electron chi connectivity index (χ1n) is 4.39. The minimum absolute atomic E-state index is 0.0334. The van der Waals surface area contributed by atoms with E-state index in [1.165, 1.54) is 0 Å². The Balaban J connectivity index is 0. The smallest absolute Gasteiger partial charge is 0.220 e. The van der Waals surface area contributed by atoms with E-state index in [0.717, 1.165) is 0 Å². The van der Waals surface area contributed by atoms with Gasteiger partial charge in [0.15, 0.2) is 0 Å². The summed E-state index contributed by atoms with van der Waals surface area (Å²) in [6, 6.07) is 0. The summed E-state index contributed by atoms with van der Waals surface area (Å²) in [5, 5.41) is 16.3. The lowest BCUT2D eigenvalue weighted by atomic mass is 10.1. The van der Waals surface area contributed by atoms with Crippen molar-refractivity contribution in [3.8, 4) is 0 Å². The molecule has 0 rings (SSSR count). The molecule has 5 nitrogen and oxygen atoms in total. The van der Waals surface area contributed by atoms with Crippen LogP contribution in [0.4, 0.5) is 0 Å². The van der Waals surface area contributed by atoms with E-state index in [0.29, 0.717) is 12.8 Å². The molecule has 0 aromatic rings. The zero-order valence-corrected chi connectivity index (χ0v) is 8.51. The number of carbonyl (C=O) groups excluding carboxylic acids is 2. The first-order valence-corrected chi connectivity index (χ1v) is 4.39. The lowest BCUT2D eigenvalue weighted by Gasteiger charge is -1.98. The second-order valence-corrected chi connectivity index (χ2v) is 2.54. The summed E-state index contributed by atoms with van der Waals surface area (Å²) < 4.78 is 0. The summed E-state index contributed by atoms with van der Waals surface area (Å²) in [4.78, 5) is 21.6. The van der Waals surface area contributed by atoms with Gasteiger partial charge in [-0.2, -0.15) is 0 Å². The topological polar surface area (TPSA) is 90.3 Å². The molecule has 0 aromatic carbocycles. The van der Waals surface area contributed by atoms with Gasteiger partial charge in [-0.1, -0.05) is 0 Å². The quantitative estimate of drug-likeness (QED) is 0.534. The van der Waals surface area contributed by atoms with Crippen molar-refractivity contribution in [1.29, 1.82) is 5.41 Å². The Morgan fingerprint density at radius 2 is 1.86 bits per heavy atom. The van der Waals surface area contributed by atoms with Gasteiger partial charge in [0.1, 0.15) is 5.78 Å². The molecule has 0 fully saturated rings. The van der Waals surface area contributed by atoms with Crippen molar-refractivity contribution in [1.82, 2.24) is 5.32 Å². The molecule has 0 unspecified atom stereocenters. The average Bonchev–Trinajstić information content (AvgIpc) is 2.25. The summed E-state index contributed by atoms with van der Waals surface area (Å²) in [6.45, 7) is 2.53. The number of amides is 1. The van der Waals surface area contributed by atoms with Crippen LogP contribution in [0.25, 0.3) is 0 Å². The molecule has 0 aliphatic heterocycles. The third-order valence-electron chi connectivity index (χ3n) is 1.52. The SMILES string of the molecule is C=N.CNC(=O)CCC(=O)CCCO. The highest BCUT2D eigenvalue weighted by atomic mass is 16.3. The van der Waals surface area contributed by atoms with Crippen molar-refractivity contribution in [2.75, 3.05) is 13.7 Å². The van der Waals surface area contributed by atoms with Gasteiger partial charge in [-0.15, -0.1) is 0 Å². The molecule has 3 N–H and O–H groups in total. The lowest BCUT2D eigenvalue weighted by molar-refractivity contribution is -0.125. The summed E-state index contributed by atoms with van der Waals surface area (Å²) in [5.74, 6) is -0.0833. The van der Waals surface area contributed by atoms with Gasteiger partial charge in [0, 0.05) is 32.9 Å². The van der Waals surface area contributed by atoms with Crippen LogP contribution in [0.1, 0.15) is 25.7 Å². The molecule has 0 spiro atoms. The van der Waals surface area contributed by atoms with Crippen LogP contribution in [0.2, 0.25) is 0 Å². The first-order chi connectivity index (χ1) is 6.70.